The van der Waals surface area contributed by atoms with E-state index in [1.807, 2.05) is 13.0 Å². The number of aryl methyl sites for hydroxylation is 1. The Morgan fingerprint density at radius 2 is 1.38 bits per heavy atom. The van der Waals surface area contributed by atoms with Crippen LogP contribution in [0.4, 0.5) is 13.2 Å². The van der Waals surface area contributed by atoms with Crippen molar-refractivity contribution in [2.24, 2.45) is 0 Å². The second-order valence-corrected chi connectivity index (χ2v) is 8.51. The quantitative estimate of drug-likeness (QED) is 0.239. The number of hydrogen-bond donors (Lipinski definition) is 0. The summed E-state index contributed by atoms with van der Waals surface area (Å²) in [7, 11) is 0. The normalized spacial score (nSPS) is 12.0. The standard InChI is InChI=1S/C28H29F3O/c1-3-5-7-8-18-9-10-21(25(29)16-18)22-12-11-19-20-13-14-26(32-15-6-4-2)28(31)24(20)17-23(19)27(22)30/h9-14,16H,3-8,15,17H2,1-2H3. The summed E-state index contributed by atoms with van der Waals surface area (Å²) < 4.78 is 51.0. The molecule has 0 atom stereocenters. The molecule has 0 saturated carbocycles. The maximum atomic E-state index is 15.5. The molecule has 3 aromatic rings. The first-order chi connectivity index (χ1) is 15.5. The SMILES string of the molecule is CCCCCc1ccc(-c2ccc3c(c2F)Cc2c-3ccc(OCCCC)c2F)c(F)c1. The van der Waals surface area contributed by atoms with Crippen molar-refractivity contribution in [3.8, 4) is 28.0 Å². The van der Waals surface area contributed by atoms with Crippen LogP contribution >= 0.6 is 0 Å². The average Bonchev–Trinajstić information content (AvgIpc) is 3.17. The number of unbranched alkanes of at least 4 members (excludes halogenated alkanes) is 3. The Morgan fingerprint density at radius 1 is 0.719 bits per heavy atom. The Labute approximate surface area is 188 Å². The summed E-state index contributed by atoms with van der Waals surface area (Å²) in [5, 5.41) is 0. The van der Waals surface area contributed by atoms with Crippen molar-refractivity contribution in [2.45, 2.75) is 58.8 Å². The van der Waals surface area contributed by atoms with Crippen molar-refractivity contribution in [1.82, 2.24) is 0 Å². The lowest BCUT2D eigenvalue weighted by Gasteiger charge is -2.11. The summed E-state index contributed by atoms with van der Waals surface area (Å²) in [6.45, 7) is 4.62. The first-order valence-electron chi connectivity index (χ1n) is 11.6. The lowest BCUT2D eigenvalue weighted by Crippen LogP contribution is -2.01. The van der Waals surface area contributed by atoms with Gasteiger partial charge in [-0.3, -0.25) is 0 Å². The molecule has 0 radical (unpaired) electrons. The fourth-order valence-corrected chi connectivity index (χ4v) is 4.41. The number of ether oxygens (including phenoxy) is 1. The summed E-state index contributed by atoms with van der Waals surface area (Å²) in [4.78, 5) is 0. The number of fused-ring (bicyclic) bond motifs is 3. The maximum absolute atomic E-state index is 15.5. The van der Waals surface area contributed by atoms with Crippen LogP contribution in [-0.4, -0.2) is 6.61 Å². The lowest BCUT2D eigenvalue weighted by atomic mass is 9.96. The van der Waals surface area contributed by atoms with E-state index in [-0.39, 0.29) is 23.3 Å². The Morgan fingerprint density at radius 3 is 2.09 bits per heavy atom. The predicted molar refractivity (Wildman–Crippen MR) is 124 cm³/mol. The minimum absolute atomic E-state index is 0.137. The van der Waals surface area contributed by atoms with E-state index in [2.05, 4.69) is 6.92 Å². The van der Waals surface area contributed by atoms with E-state index < -0.39 is 17.5 Å². The molecule has 168 valence electrons. The smallest absolute Gasteiger partial charge is 0.169 e. The van der Waals surface area contributed by atoms with Gasteiger partial charge < -0.3 is 4.74 Å². The van der Waals surface area contributed by atoms with E-state index in [9.17, 15) is 4.39 Å². The molecule has 1 nitrogen and oxygen atoms in total. The lowest BCUT2D eigenvalue weighted by molar-refractivity contribution is 0.293. The van der Waals surface area contributed by atoms with E-state index >= 15 is 8.78 Å². The zero-order valence-electron chi connectivity index (χ0n) is 18.7. The van der Waals surface area contributed by atoms with Crippen LogP contribution in [0.25, 0.3) is 22.3 Å². The molecule has 0 spiro atoms. The highest BCUT2D eigenvalue weighted by molar-refractivity contribution is 5.81. The van der Waals surface area contributed by atoms with Gasteiger partial charge in [-0.25, -0.2) is 13.2 Å². The molecule has 3 aromatic carbocycles. The molecule has 1 aliphatic rings. The van der Waals surface area contributed by atoms with Crippen molar-refractivity contribution >= 4 is 0 Å². The van der Waals surface area contributed by atoms with E-state index in [4.69, 9.17) is 4.74 Å². The van der Waals surface area contributed by atoms with E-state index in [0.29, 0.717) is 28.9 Å². The van der Waals surface area contributed by atoms with E-state index in [0.717, 1.165) is 44.1 Å². The molecule has 4 heteroatoms. The third-order valence-electron chi connectivity index (χ3n) is 6.24. The number of rotatable bonds is 9. The van der Waals surface area contributed by atoms with Gasteiger partial charge in [0, 0.05) is 28.7 Å². The molecule has 0 N–H and O–H groups in total. The zero-order chi connectivity index (χ0) is 22.7. The molecule has 0 aliphatic heterocycles. The van der Waals surface area contributed by atoms with Gasteiger partial charge in [0.25, 0.3) is 0 Å². The molecule has 0 heterocycles. The molecule has 0 aromatic heterocycles. The van der Waals surface area contributed by atoms with Gasteiger partial charge in [0.05, 0.1) is 6.61 Å². The van der Waals surface area contributed by atoms with Crippen molar-refractivity contribution in [3.63, 3.8) is 0 Å². The molecule has 0 unspecified atom stereocenters. The van der Waals surface area contributed by atoms with Crippen LogP contribution in [0.15, 0.2) is 42.5 Å². The highest BCUT2D eigenvalue weighted by Gasteiger charge is 2.28. The van der Waals surface area contributed by atoms with Gasteiger partial charge in [0.15, 0.2) is 11.6 Å². The number of benzene rings is 3. The van der Waals surface area contributed by atoms with Crippen molar-refractivity contribution in [2.75, 3.05) is 6.61 Å². The largest absolute Gasteiger partial charge is 0.491 e. The van der Waals surface area contributed by atoms with Gasteiger partial charge in [-0.05, 0) is 48.1 Å². The van der Waals surface area contributed by atoms with Crippen molar-refractivity contribution in [3.05, 3.63) is 76.6 Å². The highest BCUT2D eigenvalue weighted by atomic mass is 19.1. The highest BCUT2D eigenvalue weighted by Crippen LogP contribution is 2.44. The van der Waals surface area contributed by atoms with Crippen LogP contribution < -0.4 is 4.74 Å². The number of halogens is 3. The van der Waals surface area contributed by atoms with Crippen LogP contribution in [0.2, 0.25) is 0 Å². The Hall–Kier alpha value is -2.75. The molecular weight excluding hydrogens is 409 g/mol. The van der Waals surface area contributed by atoms with Crippen molar-refractivity contribution < 1.29 is 17.9 Å². The monoisotopic (exact) mass is 438 g/mol. The second kappa shape index (κ2) is 9.81. The summed E-state index contributed by atoms with van der Waals surface area (Å²) in [5.74, 6) is -1.14. The maximum Gasteiger partial charge on any atom is 0.169 e. The van der Waals surface area contributed by atoms with Crippen LogP contribution in [0.3, 0.4) is 0 Å². The van der Waals surface area contributed by atoms with E-state index in [1.54, 1.807) is 30.3 Å². The first kappa shape index (κ1) is 22.4. The zero-order valence-corrected chi connectivity index (χ0v) is 18.7. The average molecular weight is 439 g/mol. The van der Waals surface area contributed by atoms with Crippen LogP contribution in [0.1, 0.15) is 62.6 Å². The molecule has 32 heavy (non-hydrogen) atoms. The molecule has 1 aliphatic carbocycles. The molecular formula is C28H29F3O. The predicted octanol–water partition coefficient (Wildman–Crippen LogP) is 8.25. The first-order valence-corrected chi connectivity index (χ1v) is 11.6. The summed E-state index contributed by atoms with van der Waals surface area (Å²) >= 11 is 0. The van der Waals surface area contributed by atoms with Gasteiger partial charge >= 0.3 is 0 Å². The fraction of sp³-hybridized carbons (Fsp3) is 0.357. The van der Waals surface area contributed by atoms with Gasteiger partial charge in [-0.1, -0.05) is 63.4 Å². The van der Waals surface area contributed by atoms with Gasteiger partial charge in [-0.2, -0.15) is 0 Å². The molecule has 0 saturated heterocycles. The fourth-order valence-electron chi connectivity index (χ4n) is 4.41. The molecule has 0 fully saturated rings. The third-order valence-corrected chi connectivity index (χ3v) is 6.24. The Balaban J connectivity index is 1.63. The Bertz CT molecular complexity index is 1120. The van der Waals surface area contributed by atoms with Gasteiger partial charge in [0.2, 0.25) is 0 Å². The minimum Gasteiger partial charge on any atom is -0.491 e. The van der Waals surface area contributed by atoms with Crippen molar-refractivity contribution in [1.29, 1.82) is 0 Å². The minimum atomic E-state index is -0.482. The molecule has 4 rings (SSSR count). The van der Waals surface area contributed by atoms with Gasteiger partial charge in [-0.15, -0.1) is 0 Å². The topological polar surface area (TPSA) is 9.23 Å². The van der Waals surface area contributed by atoms with Crippen LogP contribution in [0, 0.1) is 17.5 Å². The molecule has 0 bridgehead atoms. The second-order valence-electron chi connectivity index (χ2n) is 8.51. The van der Waals surface area contributed by atoms with Crippen LogP contribution in [-0.2, 0) is 12.8 Å². The third kappa shape index (κ3) is 4.28. The molecule has 0 amide bonds. The number of hydrogen-bond acceptors (Lipinski definition) is 1. The van der Waals surface area contributed by atoms with Crippen LogP contribution in [0.5, 0.6) is 5.75 Å². The van der Waals surface area contributed by atoms with E-state index in [1.165, 1.54) is 6.07 Å². The summed E-state index contributed by atoms with van der Waals surface area (Å²) in [6.07, 6.45) is 5.98. The van der Waals surface area contributed by atoms with Gasteiger partial charge in [0.1, 0.15) is 11.6 Å². The summed E-state index contributed by atoms with van der Waals surface area (Å²) in [6, 6.07) is 11.8. The Kier molecular flexibility index (Phi) is 6.88. The summed E-state index contributed by atoms with van der Waals surface area (Å²) in [5.41, 5.74) is 3.57.